The Morgan fingerprint density at radius 3 is 1.69 bits per heavy atom. The van der Waals surface area contributed by atoms with E-state index in [0.717, 1.165) is 12.8 Å². The summed E-state index contributed by atoms with van der Waals surface area (Å²) in [7, 11) is -0.424. The lowest BCUT2D eigenvalue weighted by Crippen LogP contribution is -2.45. The molecule has 0 aromatic carbocycles. The molecule has 0 heterocycles. The molecule has 0 saturated heterocycles. The highest BCUT2D eigenvalue weighted by atomic mass is 32.2. The number of quaternary nitrogens is 1. The summed E-state index contributed by atoms with van der Waals surface area (Å²) in [5.74, 6) is -0.333. The summed E-state index contributed by atoms with van der Waals surface area (Å²) in [6, 6.07) is 0. The van der Waals surface area contributed by atoms with Gasteiger partial charge in [0.2, 0.25) is 0 Å². The Hall–Kier alpha value is -0.720. The van der Waals surface area contributed by atoms with Gasteiger partial charge in [-0.2, -0.15) is 8.42 Å². The second-order valence-corrected chi connectivity index (χ2v) is 10.4. The zero-order chi connectivity index (χ0) is 22.0. The molecule has 5 nitrogen and oxygen atoms in total. The highest BCUT2D eigenvalue weighted by Crippen LogP contribution is 2.13. The van der Waals surface area contributed by atoms with Crippen LogP contribution in [0.25, 0.3) is 0 Å². The Balaban J connectivity index is 3.59. The van der Waals surface area contributed by atoms with Crippen molar-refractivity contribution in [1.29, 1.82) is 0 Å². The summed E-state index contributed by atoms with van der Waals surface area (Å²) >= 11 is 0. The van der Waals surface area contributed by atoms with Crippen molar-refractivity contribution in [3.05, 3.63) is 12.2 Å². The monoisotopic (exact) mass is 432 g/mol. The maximum Gasteiger partial charge on any atom is 0.337 e. The first-order chi connectivity index (χ1) is 13.7. The van der Waals surface area contributed by atoms with E-state index in [1.165, 1.54) is 77.0 Å². The van der Waals surface area contributed by atoms with Gasteiger partial charge >= 0.3 is 5.91 Å². The normalized spacial score (nSPS) is 12.7. The lowest BCUT2D eigenvalue weighted by molar-refractivity contribution is -0.811. The lowest BCUT2D eigenvalue weighted by atomic mass is 10.0. The predicted octanol–water partition coefficient (Wildman–Crippen LogP) is 5.90. The molecule has 0 fully saturated rings. The van der Waals surface area contributed by atoms with Gasteiger partial charge in [0.25, 0.3) is 10.1 Å². The molecule has 0 saturated carbocycles. The minimum absolute atomic E-state index is 0.0324. The number of allylic oxidation sites excluding steroid dienone is 1. The molecule has 172 valence electrons. The smallest absolute Gasteiger partial charge is 0.286 e. The first-order valence-electron chi connectivity index (χ1n) is 11.7. The van der Waals surface area contributed by atoms with E-state index in [1.807, 2.05) is 6.08 Å². The number of hydrogen-bond acceptors (Lipinski definition) is 3. The maximum absolute atomic E-state index is 12.2. The van der Waals surface area contributed by atoms with Gasteiger partial charge in [0.1, 0.15) is 0 Å². The molecule has 0 aliphatic carbocycles. The minimum atomic E-state index is -3.96. The molecule has 0 aliphatic rings. The van der Waals surface area contributed by atoms with Gasteiger partial charge in [0, 0.05) is 12.5 Å². The van der Waals surface area contributed by atoms with Crippen molar-refractivity contribution in [3.8, 4) is 0 Å². The first kappa shape index (κ1) is 28.3. The number of unbranched alkanes of at least 4 members (excludes halogenated alkanes) is 13. The van der Waals surface area contributed by atoms with Gasteiger partial charge < -0.3 is 0 Å². The molecule has 0 aromatic rings. The van der Waals surface area contributed by atoms with Gasteiger partial charge in [-0.25, -0.2) is 4.79 Å². The number of likely N-dealkylation sites (N-methyl/N-ethyl adjacent to an activating group) is 1. The van der Waals surface area contributed by atoms with E-state index >= 15 is 0 Å². The number of nitrogens with zero attached hydrogens (tertiary/aromatic N) is 1. The molecule has 0 rings (SSSR count). The zero-order valence-electron chi connectivity index (χ0n) is 19.2. The average molecular weight is 433 g/mol. The molecule has 0 radical (unpaired) electrons. The summed E-state index contributed by atoms with van der Waals surface area (Å²) in [6.07, 6.45) is 22.1. The van der Waals surface area contributed by atoms with Crippen LogP contribution in [-0.2, 0) is 14.9 Å². The van der Waals surface area contributed by atoms with Gasteiger partial charge in [-0.1, -0.05) is 90.0 Å². The van der Waals surface area contributed by atoms with Crippen LogP contribution in [0.2, 0.25) is 0 Å². The molecule has 0 spiro atoms. The van der Waals surface area contributed by atoms with E-state index in [0.29, 0.717) is 6.54 Å². The average Bonchev–Trinajstić information content (AvgIpc) is 2.63. The number of amides is 1. The van der Waals surface area contributed by atoms with Crippen LogP contribution in [0.1, 0.15) is 103 Å². The fourth-order valence-corrected chi connectivity index (χ4v) is 3.91. The largest absolute Gasteiger partial charge is 0.337 e. The summed E-state index contributed by atoms with van der Waals surface area (Å²) in [5.41, 5.74) is 0. The third-order valence-corrected chi connectivity index (χ3v) is 6.26. The summed E-state index contributed by atoms with van der Waals surface area (Å²) in [6.45, 7) is 2.65. The molecule has 1 amide bonds. The van der Waals surface area contributed by atoms with Crippen LogP contribution in [0, 0.1) is 0 Å². The van der Waals surface area contributed by atoms with E-state index in [9.17, 15) is 13.2 Å². The molecule has 6 heteroatoms. The molecule has 29 heavy (non-hydrogen) atoms. The van der Waals surface area contributed by atoms with Crippen LogP contribution in [-0.4, -0.2) is 49.8 Å². The van der Waals surface area contributed by atoms with E-state index in [4.69, 9.17) is 4.55 Å². The molecule has 0 bridgehead atoms. The lowest BCUT2D eigenvalue weighted by Gasteiger charge is -2.25. The van der Waals surface area contributed by atoms with Crippen LogP contribution in [0.4, 0.5) is 0 Å². The Kier molecular flexibility index (Phi) is 16.6. The van der Waals surface area contributed by atoms with Crippen molar-refractivity contribution in [1.82, 2.24) is 0 Å². The van der Waals surface area contributed by atoms with Gasteiger partial charge in [-0.3, -0.25) is 9.04 Å². The molecule has 1 N–H and O–H groups in total. The molecule has 0 atom stereocenters. The molecule has 0 aromatic heterocycles. The second-order valence-electron chi connectivity index (χ2n) is 8.82. The van der Waals surface area contributed by atoms with Gasteiger partial charge in [-0.15, -0.1) is 0 Å². The van der Waals surface area contributed by atoms with Crippen LogP contribution < -0.4 is 0 Å². The zero-order valence-corrected chi connectivity index (χ0v) is 20.0. The Morgan fingerprint density at radius 2 is 1.24 bits per heavy atom. The van der Waals surface area contributed by atoms with Gasteiger partial charge in [-0.05, 0) is 12.8 Å². The van der Waals surface area contributed by atoms with Crippen molar-refractivity contribution < 1.29 is 22.2 Å². The highest BCUT2D eigenvalue weighted by molar-refractivity contribution is 7.85. The fraction of sp³-hybridized carbons (Fsp3) is 0.870. The van der Waals surface area contributed by atoms with E-state index in [-0.39, 0.29) is 22.6 Å². The predicted molar refractivity (Wildman–Crippen MR) is 122 cm³/mol. The molecule has 0 unspecified atom stereocenters. The topological polar surface area (TPSA) is 71.4 Å². The van der Waals surface area contributed by atoms with Crippen LogP contribution in [0.3, 0.4) is 0 Å². The van der Waals surface area contributed by atoms with Crippen molar-refractivity contribution in [2.24, 2.45) is 0 Å². The minimum Gasteiger partial charge on any atom is -0.286 e. The number of carbonyl (C=O) groups is 1. The Morgan fingerprint density at radius 1 is 0.793 bits per heavy atom. The van der Waals surface area contributed by atoms with E-state index < -0.39 is 10.1 Å². The third kappa shape index (κ3) is 19.0. The van der Waals surface area contributed by atoms with Crippen LogP contribution in [0.5, 0.6) is 0 Å². The van der Waals surface area contributed by atoms with E-state index in [2.05, 4.69) is 6.92 Å². The second kappa shape index (κ2) is 17.0. The van der Waals surface area contributed by atoms with Crippen molar-refractivity contribution in [3.63, 3.8) is 0 Å². The molecular formula is C23H46NO4S+. The summed E-state index contributed by atoms with van der Waals surface area (Å²) in [4.78, 5) is 12.2. The standard InChI is InChI=1S/C23H45NO4S/c1-4-5-6-7-8-9-10-11-12-13-14-15-16-17-18-20-23(25)24(2,3)21-19-22-29(26,27)28/h18,20H,4-17,19,21-22H2,1-3H3/p+1. The highest BCUT2D eigenvalue weighted by Gasteiger charge is 2.23. The number of carbonyl (C=O) groups excluding carboxylic acids is 1. The van der Waals surface area contributed by atoms with Crippen molar-refractivity contribution >= 4 is 16.0 Å². The number of hydrogen-bond donors (Lipinski definition) is 1. The SMILES string of the molecule is CCCCCCCCCCCCCCCC=CC(=O)[N+](C)(C)CCCS(=O)(=O)O. The van der Waals surface area contributed by atoms with Crippen molar-refractivity contribution in [2.75, 3.05) is 26.4 Å². The maximum atomic E-state index is 12.2. The molecule has 0 aliphatic heterocycles. The molecular weight excluding hydrogens is 386 g/mol. The van der Waals surface area contributed by atoms with Gasteiger partial charge in [0.05, 0.1) is 26.4 Å². The van der Waals surface area contributed by atoms with Crippen LogP contribution in [0.15, 0.2) is 12.2 Å². The van der Waals surface area contributed by atoms with Crippen LogP contribution >= 0.6 is 0 Å². The van der Waals surface area contributed by atoms with Crippen molar-refractivity contribution in [2.45, 2.75) is 103 Å². The summed E-state index contributed by atoms with van der Waals surface area (Å²) < 4.78 is 30.4. The Bertz CT molecular complexity index is 541. The summed E-state index contributed by atoms with van der Waals surface area (Å²) in [5, 5.41) is 0. The quantitative estimate of drug-likeness (QED) is 0.119. The number of rotatable bonds is 19. The van der Waals surface area contributed by atoms with Gasteiger partial charge in [0.15, 0.2) is 0 Å². The Labute approximate surface area is 180 Å². The first-order valence-corrected chi connectivity index (χ1v) is 13.3. The third-order valence-electron chi connectivity index (χ3n) is 5.45. The van der Waals surface area contributed by atoms with E-state index in [1.54, 1.807) is 20.2 Å². The fourth-order valence-electron chi connectivity index (χ4n) is 3.42.